The van der Waals surface area contributed by atoms with Crippen molar-refractivity contribution in [2.24, 2.45) is 0 Å². The summed E-state index contributed by atoms with van der Waals surface area (Å²) in [7, 11) is 0. The summed E-state index contributed by atoms with van der Waals surface area (Å²) < 4.78 is 1.04. The smallest absolute Gasteiger partial charge is 0.354 e. The van der Waals surface area contributed by atoms with Crippen LogP contribution in [-0.4, -0.2) is 21.0 Å². The summed E-state index contributed by atoms with van der Waals surface area (Å²) in [4.78, 5) is 18.2. The summed E-state index contributed by atoms with van der Waals surface area (Å²) in [6.07, 6.45) is 3.29. The van der Waals surface area contributed by atoms with E-state index in [2.05, 4.69) is 44.1 Å². The Bertz CT molecular complexity index is 1040. The zero-order valence-electron chi connectivity index (χ0n) is 14.0. The number of aromatic carboxylic acids is 1. The van der Waals surface area contributed by atoms with Crippen LogP contribution >= 0.6 is 15.9 Å². The number of nitrogens with zero attached hydrogens (tertiary/aromatic N) is 2. The molecule has 0 unspecified atom stereocenters. The Hall–Kier alpha value is -2.40. The molecule has 0 atom stereocenters. The standard InChI is InChI=1S/C15H9BrN.C6H5NO2.Ir/c16-13-6-3-5-12(10-13)15-14-7-2-1-4-11(14)8-9-17-15;8-6(9)5-3-1-2-4-7-5;/h1-4,6-10H;1-4H,(H,8,9);/q-1;;. The monoisotopic (exact) mass is 598 g/mol. The summed E-state index contributed by atoms with van der Waals surface area (Å²) in [6.45, 7) is 0. The molecule has 0 saturated carbocycles. The summed E-state index contributed by atoms with van der Waals surface area (Å²) in [5.74, 6) is -0.990. The van der Waals surface area contributed by atoms with E-state index in [-0.39, 0.29) is 25.8 Å². The van der Waals surface area contributed by atoms with E-state index >= 15 is 0 Å². The number of pyridine rings is 2. The second kappa shape index (κ2) is 10.1. The molecule has 0 bridgehead atoms. The number of fused-ring (bicyclic) bond motifs is 1. The fourth-order valence-corrected chi connectivity index (χ4v) is 2.76. The van der Waals surface area contributed by atoms with Gasteiger partial charge in [-0.2, -0.15) is 0 Å². The largest absolute Gasteiger partial charge is 0.477 e. The summed E-state index contributed by atoms with van der Waals surface area (Å²) in [5.41, 5.74) is 2.07. The van der Waals surface area contributed by atoms with Crippen molar-refractivity contribution in [1.82, 2.24) is 9.97 Å². The van der Waals surface area contributed by atoms with Gasteiger partial charge < -0.3 is 10.1 Å². The van der Waals surface area contributed by atoms with Crippen LogP contribution in [0.2, 0.25) is 0 Å². The Morgan fingerprint density at radius 2 is 1.74 bits per heavy atom. The number of benzene rings is 2. The van der Waals surface area contributed by atoms with Crippen LogP contribution < -0.4 is 0 Å². The number of carboxylic acid groups (broad SMARTS) is 1. The minimum Gasteiger partial charge on any atom is -0.477 e. The second-order valence-corrected chi connectivity index (χ2v) is 6.24. The average molecular weight is 598 g/mol. The molecule has 1 N–H and O–H groups in total. The van der Waals surface area contributed by atoms with Gasteiger partial charge in [-0.1, -0.05) is 50.7 Å². The fraction of sp³-hybridized carbons (Fsp3) is 0. The van der Waals surface area contributed by atoms with E-state index in [9.17, 15) is 4.79 Å². The quantitative estimate of drug-likeness (QED) is 0.321. The molecule has 6 heteroatoms. The molecule has 2 aromatic carbocycles. The topological polar surface area (TPSA) is 63.1 Å². The third kappa shape index (κ3) is 5.54. The minimum atomic E-state index is -0.990. The van der Waals surface area contributed by atoms with Crippen LogP contribution in [0.25, 0.3) is 22.0 Å². The van der Waals surface area contributed by atoms with Crippen LogP contribution in [0, 0.1) is 6.07 Å². The SMILES string of the molecule is Brc1cc[c-]c(-c2nccc3ccccc23)c1.O=C(O)c1ccccn1.[Ir]. The van der Waals surface area contributed by atoms with Crippen LogP contribution in [0.4, 0.5) is 0 Å². The first kappa shape index (κ1) is 20.9. The normalized spacial score (nSPS) is 9.67. The molecule has 4 rings (SSSR count). The zero-order chi connectivity index (χ0) is 18.4. The van der Waals surface area contributed by atoms with Crippen LogP contribution in [0.5, 0.6) is 0 Å². The molecule has 0 aliphatic heterocycles. The number of aromatic nitrogens is 2. The van der Waals surface area contributed by atoms with Crippen molar-refractivity contribution >= 4 is 32.7 Å². The Morgan fingerprint density at radius 1 is 0.963 bits per heavy atom. The Kier molecular flexibility index (Phi) is 7.80. The van der Waals surface area contributed by atoms with Crippen LogP contribution in [0.1, 0.15) is 10.5 Å². The summed E-state index contributed by atoms with van der Waals surface area (Å²) in [6, 6.07) is 24.2. The van der Waals surface area contributed by atoms with Gasteiger partial charge in [-0.15, -0.1) is 29.8 Å². The van der Waals surface area contributed by atoms with Crippen LogP contribution in [0.15, 0.2) is 83.6 Å². The Morgan fingerprint density at radius 3 is 2.41 bits per heavy atom. The van der Waals surface area contributed by atoms with Gasteiger partial charge in [0, 0.05) is 32.5 Å². The zero-order valence-corrected chi connectivity index (χ0v) is 17.9. The maximum absolute atomic E-state index is 10.1. The van der Waals surface area contributed by atoms with E-state index in [1.54, 1.807) is 12.1 Å². The number of carbonyl (C=O) groups is 1. The molecule has 2 heterocycles. The minimum absolute atomic E-state index is 0. The molecule has 4 aromatic rings. The van der Waals surface area contributed by atoms with E-state index in [4.69, 9.17) is 5.11 Å². The maximum atomic E-state index is 10.1. The van der Waals surface area contributed by atoms with Gasteiger partial charge >= 0.3 is 5.97 Å². The van der Waals surface area contributed by atoms with Crippen molar-refractivity contribution in [3.8, 4) is 11.3 Å². The molecule has 1 radical (unpaired) electrons. The van der Waals surface area contributed by atoms with Gasteiger partial charge in [0.05, 0.1) is 0 Å². The molecule has 2 aromatic heterocycles. The molecule has 0 spiro atoms. The first-order chi connectivity index (χ1) is 12.6. The van der Waals surface area contributed by atoms with E-state index in [0.717, 1.165) is 21.1 Å². The third-order valence-corrected chi connectivity index (χ3v) is 4.07. The predicted molar refractivity (Wildman–Crippen MR) is 105 cm³/mol. The van der Waals surface area contributed by atoms with Crippen molar-refractivity contribution in [3.05, 3.63) is 95.4 Å². The van der Waals surface area contributed by atoms with Gasteiger partial charge in [0.15, 0.2) is 0 Å². The van der Waals surface area contributed by atoms with Crippen molar-refractivity contribution in [2.75, 3.05) is 0 Å². The molecule has 0 aliphatic carbocycles. The predicted octanol–water partition coefficient (Wildman–Crippen LogP) is 5.24. The van der Waals surface area contributed by atoms with Crippen LogP contribution in [-0.2, 0) is 20.1 Å². The Balaban J connectivity index is 0.000000224. The average Bonchev–Trinajstić information content (AvgIpc) is 2.69. The first-order valence-electron chi connectivity index (χ1n) is 7.81. The molecular weight excluding hydrogens is 584 g/mol. The number of carboxylic acids is 1. The van der Waals surface area contributed by atoms with Crippen LogP contribution in [0.3, 0.4) is 0 Å². The van der Waals surface area contributed by atoms with Gasteiger partial charge in [0.25, 0.3) is 0 Å². The van der Waals surface area contributed by atoms with E-state index in [0.29, 0.717) is 0 Å². The van der Waals surface area contributed by atoms with Crippen molar-refractivity contribution in [3.63, 3.8) is 0 Å². The van der Waals surface area contributed by atoms with Crippen molar-refractivity contribution < 1.29 is 30.0 Å². The molecular formula is C21H14BrIrN2O2-. The number of rotatable bonds is 2. The molecule has 0 aliphatic rings. The van der Waals surface area contributed by atoms with E-state index in [1.807, 2.05) is 42.6 Å². The van der Waals surface area contributed by atoms with Crippen molar-refractivity contribution in [2.45, 2.75) is 0 Å². The molecule has 137 valence electrons. The van der Waals surface area contributed by atoms with Gasteiger partial charge in [-0.3, -0.25) is 0 Å². The van der Waals surface area contributed by atoms with E-state index in [1.165, 1.54) is 17.6 Å². The summed E-state index contributed by atoms with van der Waals surface area (Å²) in [5, 5.41) is 10.7. The summed E-state index contributed by atoms with van der Waals surface area (Å²) >= 11 is 3.48. The molecule has 0 amide bonds. The maximum Gasteiger partial charge on any atom is 0.354 e. The first-order valence-corrected chi connectivity index (χ1v) is 8.60. The second-order valence-electron chi connectivity index (χ2n) is 5.32. The fourth-order valence-electron chi connectivity index (χ4n) is 2.40. The van der Waals surface area contributed by atoms with Gasteiger partial charge in [0.1, 0.15) is 5.69 Å². The van der Waals surface area contributed by atoms with Gasteiger partial charge in [-0.05, 0) is 34.7 Å². The molecule has 0 fully saturated rings. The number of hydrogen-bond acceptors (Lipinski definition) is 3. The molecule has 4 nitrogen and oxygen atoms in total. The third-order valence-electron chi connectivity index (χ3n) is 3.58. The molecule has 27 heavy (non-hydrogen) atoms. The Labute approximate surface area is 178 Å². The van der Waals surface area contributed by atoms with Crippen molar-refractivity contribution in [1.29, 1.82) is 0 Å². The van der Waals surface area contributed by atoms with E-state index < -0.39 is 5.97 Å². The van der Waals surface area contributed by atoms with Gasteiger partial charge in [0.2, 0.25) is 0 Å². The van der Waals surface area contributed by atoms with Gasteiger partial charge in [-0.25, -0.2) is 9.78 Å². The number of halogens is 1. The number of hydrogen-bond donors (Lipinski definition) is 1. The molecule has 0 saturated heterocycles.